The molecule has 0 fully saturated rings. The Labute approximate surface area is 98.9 Å². The van der Waals surface area contributed by atoms with Crippen molar-refractivity contribution in [2.75, 3.05) is 0 Å². The molecule has 0 bridgehead atoms. The highest BCUT2D eigenvalue weighted by molar-refractivity contribution is 5.91. The van der Waals surface area contributed by atoms with Gasteiger partial charge in [0, 0.05) is 6.42 Å². The quantitative estimate of drug-likeness (QED) is 0.649. The lowest BCUT2D eigenvalue weighted by molar-refractivity contribution is -0.118. The van der Waals surface area contributed by atoms with Crippen LogP contribution in [0, 0.1) is 0 Å². The SMILES string of the molecule is NC(=O)CCCCc1cccc(C(=O)O)c1O. The van der Waals surface area contributed by atoms with E-state index in [-0.39, 0.29) is 17.2 Å². The molecule has 1 rings (SSSR count). The normalized spacial score (nSPS) is 10.1. The summed E-state index contributed by atoms with van der Waals surface area (Å²) >= 11 is 0. The van der Waals surface area contributed by atoms with Crippen LogP contribution in [-0.4, -0.2) is 22.1 Å². The van der Waals surface area contributed by atoms with E-state index >= 15 is 0 Å². The van der Waals surface area contributed by atoms with Gasteiger partial charge in [-0.25, -0.2) is 4.79 Å². The number of aromatic carboxylic acids is 1. The number of nitrogens with two attached hydrogens (primary N) is 1. The van der Waals surface area contributed by atoms with Crippen LogP contribution in [0.15, 0.2) is 18.2 Å². The zero-order chi connectivity index (χ0) is 12.8. The Morgan fingerprint density at radius 3 is 2.53 bits per heavy atom. The summed E-state index contributed by atoms with van der Waals surface area (Å²) in [4.78, 5) is 21.3. The van der Waals surface area contributed by atoms with Crippen LogP contribution < -0.4 is 5.73 Å². The second-order valence-corrected chi connectivity index (χ2v) is 3.79. The highest BCUT2D eigenvalue weighted by Gasteiger charge is 2.12. The molecular weight excluding hydrogens is 222 g/mol. The molecule has 0 unspecified atom stereocenters. The summed E-state index contributed by atoms with van der Waals surface area (Å²) in [5.41, 5.74) is 5.48. The Morgan fingerprint density at radius 1 is 1.24 bits per heavy atom. The van der Waals surface area contributed by atoms with Crippen molar-refractivity contribution < 1.29 is 19.8 Å². The number of rotatable bonds is 6. The maximum absolute atomic E-state index is 10.8. The van der Waals surface area contributed by atoms with E-state index in [0.717, 1.165) is 0 Å². The number of para-hydroxylation sites is 1. The van der Waals surface area contributed by atoms with Gasteiger partial charge in [-0.3, -0.25) is 4.79 Å². The third-order valence-electron chi connectivity index (χ3n) is 2.47. The second kappa shape index (κ2) is 5.89. The fourth-order valence-electron chi connectivity index (χ4n) is 1.58. The van der Waals surface area contributed by atoms with Crippen LogP contribution in [0.2, 0.25) is 0 Å². The van der Waals surface area contributed by atoms with Crippen molar-refractivity contribution in [3.63, 3.8) is 0 Å². The average Bonchev–Trinajstić information content (AvgIpc) is 2.25. The van der Waals surface area contributed by atoms with Crippen molar-refractivity contribution in [2.24, 2.45) is 5.73 Å². The van der Waals surface area contributed by atoms with Gasteiger partial charge in [-0.2, -0.15) is 0 Å². The fourth-order valence-corrected chi connectivity index (χ4v) is 1.58. The molecule has 0 atom stereocenters. The molecule has 5 nitrogen and oxygen atoms in total. The lowest BCUT2D eigenvalue weighted by Crippen LogP contribution is -2.09. The van der Waals surface area contributed by atoms with Gasteiger partial charge in [0.25, 0.3) is 0 Å². The minimum absolute atomic E-state index is 0.0996. The molecule has 1 amide bonds. The van der Waals surface area contributed by atoms with Crippen molar-refractivity contribution in [2.45, 2.75) is 25.7 Å². The van der Waals surface area contributed by atoms with Gasteiger partial charge < -0.3 is 15.9 Å². The van der Waals surface area contributed by atoms with E-state index in [2.05, 4.69) is 0 Å². The Balaban J connectivity index is 2.62. The summed E-state index contributed by atoms with van der Waals surface area (Å²) in [5, 5.41) is 18.5. The first-order valence-electron chi connectivity index (χ1n) is 5.35. The number of amides is 1. The molecule has 5 heteroatoms. The lowest BCUT2D eigenvalue weighted by atomic mass is 10.0. The van der Waals surface area contributed by atoms with E-state index in [1.165, 1.54) is 6.07 Å². The fraction of sp³-hybridized carbons (Fsp3) is 0.333. The number of hydrogen-bond donors (Lipinski definition) is 3. The van der Waals surface area contributed by atoms with E-state index in [0.29, 0.717) is 31.2 Å². The molecule has 4 N–H and O–H groups in total. The summed E-state index contributed by atoms with van der Waals surface area (Å²) in [6.07, 6.45) is 2.14. The molecule has 0 aliphatic rings. The number of unbranched alkanes of at least 4 members (excludes halogenated alkanes) is 1. The highest BCUT2D eigenvalue weighted by Crippen LogP contribution is 2.24. The zero-order valence-electron chi connectivity index (χ0n) is 9.35. The maximum atomic E-state index is 10.8. The van der Waals surface area contributed by atoms with E-state index in [4.69, 9.17) is 10.8 Å². The van der Waals surface area contributed by atoms with Crippen LogP contribution in [0.3, 0.4) is 0 Å². The van der Waals surface area contributed by atoms with E-state index in [9.17, 15) is 14.7 Å². The van der Waals surface area contributed by atoms with Gasteiger partial charge in [-0.15, -0.1) is 0 Å². The Hall–Kier alpha value is -2.04. The molecule has 0 aromatic heterocycles. The molecule has 92 valence electrons. The summed E-state index contributed by atoms with van der Waals surface area (Å²) in [5.74, 6) is -1.70. The van der Waals surface area contributed by atoms with Gasteiger partial charge in [-0.1, -0.05) is 12.1 Å². The van der Waals surface area contributed by atoms with E-state index in [1.807, 2.05) is 0 Å². The number of carboxylic acids is 1. The Bertz CT molecular complexity index is 429. The van der Waals surface area contributed by atoms with Crippen LogP contribution in [0.1, 0.15) is 35.2 Å². The van der Waals surface area contributed by atoms with Gasteiger partial charge in [-0.05, 0) is 30.9 Å². The van der Waals surface area contributed by atoms with Gasteiger partial charge in [0.15, 0.2) is 0 Å². The molecule has 0 spiro atoms. The van der Waals surface area contributed by atoms with Crippen molar-refractivity contribution in [1.82, 2.24) is 0 Å². The van der Waals surface area contributed by atoms with Crippen molar-refractivity contribution in [3.05, 3.63) is 29.3 Å². The van der Waals surface area contributed by atoms with Crippen LogP contribution >= 0.6 is 0 Å². The lowest BCUT2D eigenvalue weighted by Gasteiger charge is -2.06. The number of carbonyl (C=O) groups excluding carboxylic acids is 1. The molecule has 0 aliphatic heterocycles. The topological polar surface area (TPSA) is 101 Å². The smallest absolute Gasteiger partial charge is 0.339 e. The third-order valence-corrected chi connectivity index (χ3v) is 2.47. The van der Waals surface area contributed by atoms with Crippen molar-refractivity contribution in [3.8, 4) is 5.75 Å². The minimum atomic E-state index is -1.15. The molecular formula is C12H15NO4. The summed E-state index contributed by atoms with van der Waals surface area (Å²) < 4.78 is 0. The van der Waals surface area contributed by atoms with Crippen molar-refractivity contribution in [1.29, 1.82) is 0 Å². The average molecular weight is 237 g/mol. The molecule has 0 heterocycles. The first-order chi connectivity index (χ1) is 8.02. The van der Waals surface area contributed by atoms with Crippen LogP contribution in [0.4, 0.5) is 0 Å². The summed E-state index contributed by atoms with van der Waals surface area (Å²) in [6.45, 7) is 0. The van der Waals surface area contributed by atoms with Crippen LogP contribution in [-0.2, 0) is 11.2 Å². The monoisotopic (exact) mass is 237 g/mol. The first kappa shape index (κ1) is 13.0. The summed E-state index contributed by atoms with van der Waals surface area (Å²) in [6, 6.07) is 4.61. The number of carboxylic acid groups (broad SMARTS) is 1. The van der Waals surface area contributed by atoms with Gasteiger partial charge >= 0.3 is 5.97 Å². The third kappa shape index (κ3) is 3.79. The zero-order valence-corrected chi connectivity index (χ0v) is 9.35. The molecule has 0 radical (unpaired) electrons. The molecule has 1 aromatic carbocycles. The molecule has 1 aromatic rings. The molecule has 17 heavy (non-hydrogen) atoms. The number of aryl methyl sites for hydroxylation is 1. The van der Waals surface area contributed by atoms with Gasteiger partial charge in [0.1, 0.15) is 11.3 Å². The minimum Gasteiger partial charge on any atom is -0.507 e. The maximum Gasteiger partial charge on any atom is 0.339 e. The molecule has 0 aliphatic carbocycles. The van der Waals surface area contributed by atoms with E-state index < -0.39 is 5.97 Å². The highest BCUT2D eigenvalue weighted by atomic mass is 16.4. The van der Waals surface area contributed by atoms with Gasteiger partial charge in [0.05, 0.1) is 0 Å². The number of hydrogen-bond acceptors (Lipinski definition) is 3. The first-order valence-corrected chi connectivity index (χ1v) is 5.35. The van der Waals surface area contributed by atoms with Gasteiger partial charge in [0.2, 0.25) is 5.91 Å². The number of primary amides is 1. The molecule has 0 saturated carbocycles. The Morgan fingerprint density at radius 2 is 1.94 bits per heavy atom. The number of carbonyl (C=O) groups is 2. The van der Waals surface area contributed by atoms with E-state index in [1.54, 1.807) is 12.1 Å². The van der Waals surface area contributed by atoms with Crippen LogP contribution in [0.5, 0.6) is 5.75 Å². The second-order valence-electron chi connectivity index (χ2n) is 3.79. The predicted octanol–water partition coefficient (Wildman–Crippen LogP) is 1.29. The number of phenols is 1. The predicted molar refractivity (Wildman–Crippen MR) is 61.8 cm³/mol. The number of aromatic hydroxyl groups is 1. The Kier molecular flexibility index (Phi) is 4.51. The molecule has 0 saturated heterocycles. The van der Waals surface area contributed by atoms with Crippen LogP contribution in [0.25, 0.3) is 0 Å². The standard InChI is InChI=1S/C12H15NO4/c13-10(14)7-2-1-4-8-5-3-6-9(11(8)15)12(16)17/h3,5-6,15H,1-2,4,7H2,(H2,13,14)(H,16,17). The number of benzene rings is 1. The van der Waals surface area contributed by atoms with Crippen molar-refractivity contribution >= 4 is 11.9 Å². The summed E-state index contributed by atoms with van der Waals surface area (Å²) in [7, 11) is 0. The largest absolute Gasteiger partial charge is 0.507 e.